The lowest BCUT2D eigenvalue weighted by molar-refractivity contribution is -0.125. The molecule has 0 unspecified atom stereocenters. The first-order valence-electron chi connectivity index (χ1n) is 7.26. The van der Waals surface area contributed by atoms with E-state index in [9.17, 15) is 14.4 Å². The molecule has 1 aliphatic heterocycles. The number of rotatable bonds is 4. The minimum Gasteiger partial charge on any atom is -0.275 e. The normalized spacial score (nSPS) is 15.0. The Kier molecular flexibility index (Phi) is 4.49. The fraction of sp³-hybridized carbons (Fsp3) is 0.438. The molecule has 1 aliphatic rings. The molecule has 1 fully saturated rings. The quantitative estimate of drug-likeness (QED) is 0.827. The predicted octanol–water partition coefficient (Wildman–Crippen LogP) is 1.50. The van der Waals surface area contributed by atoms with Gasteiger partial charge in [-0.05, 0) is 23.0 Å². The third kappa shape index (κ3) is 4.07. The van der Waals surface area contributed by atoms with Gasteiger partial charge in [-0.2, -0.15) is 0 Å². The Bertz CT molecular complexity index is 588. The van der Waals surface area contributed by atoms with Gasteiger partial charge in [-0.3, -0.25) is 20.3 Å². The van der Waals surface area contributed by atoms with E-state index in [4.69, 9.17) is 0 Å². The molecule has 6 nitrogen and oxygen atoms in total. The number of nitrogens with one attached hydrogen (secondary N) is 2. The maximum absolute atomic E-state index is 11.8. The van der Waals surface area contributed by atoms with Crippen LogP contribution < -0.4 is 10.7 Å². The molecular formula is C16H21N3O3. The van der Waals surface area contributed by atoms with Crippen molar-refractivity contribution in [1.82, 2.24) is 15.8 Å². The van der Waals surface area contributed by atoms with Gasteiger partial charge in [0.15, 0.2) is 0 Å². The van der Waals surface area contributed by atoms with Crippen LogP contribution in [0, 0.1) is 0 Å². The number of carbonyl (C=O) groups is 3. The molecule has 0 atom stereocenters. The van der Waals surface area contributed by atoms with Crippen molar-refractivity contribution in [2.24, 2.45) is 0 Å². The summed E-state index contributed by atoms with van der Waals surface area (Å²) in [7, 11) is 0. The molecule has 118 valence electrons. The van der Waals surface area contributed by atoms with E-state index in [0.29, 0.717) is 6.42 Å². The maximum atomic E-state index is 11.8. The molecule has 2 N–H and O–H groups in total. The maximum Gasteiger partial charge on any atom is 0.343 e. The Balaban J connectivity index is 1.84. The highest BCUT2D eigenvalue weighted by molar-refractivity contribution is 6.02. The molecule has 1 heterocycles. The van der Waals surface area contributed by atoms with Crippen LogP contribution in [0.3, 0.4) is 0 Å². The average molecular weight is 303 g/mol. The van der Waals surface area contributed by atoms with Crippen LogP contribution in [-0.2, 0) is 21.4 Å². The zero-order valence-electron chi connectivity index (χ0n) is 13.1. The van der Waals surface area contributed by atoms with Crippen LogP contribution in [-0.4, -0.2) is 29.4 Å². The Morgan fingerprint density at radius 3 is 2.36 bits per heavy atom. The Hall–Kier alpha value is -2.37. The van der Waals surface area contributed by atoms with Crippen molar-refractivity contribution in [3.63, 3.8) is 0 Å². The number of carbonyl (C=O) groups excluding carboxylic acids is 3. The topological polar surface area (TPSA) is 78.5 Å². The van der Waals surface area contributed by atoms with Gasteiger partial charge < -0.3 is 0 Å². The number of aryl methyl sites for hydroxylation is 1. The molecule has 0 bridgehead atoms. The number of nitrogens with zero attached hydrogens (tertiary/aromatic N) is 1. The summed E-state index contributed by atoms with van der Waals surface area (Å²) in [6.07, 6.45) is 0.840. The Labute approximate surface area is 129 Å². The summed E-state index contributed by atoms with van der Waals surface area (Å²) in [4.78, 5) is 34.1. The van der Waals surface area contributed by atoms with Crippen LogP contribution in [0.1, 0.15) is 38.3 Å². The summed E-state index contributed by atoms with van der Waals surface area (Å²) in [5, 5.41) is 3.09. The zero-order chi connectivity index (χ0) is 16.3. The largest absolute Gasteiger partial charge is 0.343 e. The number of hydrazine groups is 1. The van der Waals surface area contributed by atoms with Crippen molar-refractivity contribution in [3.05, 3.63) is 35.4 Å². The lowest BCUT2D eigenvalue weighted by atomic mass is 9.86. The minimum atomic E-state index is -0.590. The molecule has 1 aromatic carbocycles. The van der Waals surface area contributed by atoms with Gasteiger partial charge in [-0.15, -0.1) is 0 Å². The van der Waals surface area contributed by atoms with Gasteiger partial charge in [0.1, 0.15) is 6.54 Å². The van der Waals surface area contributed by atoms with Crippen LogP contribution in [0.2, 0.25) is 0 Å². The second-order valence-electron chi connectivity index (χ2n) is 6.42. The Morgan fingerprint density at radius 2 is 1.86 bits per heavy atom. The predicted molar refractivity (Wildman–Crippen MR) is 81.9 cm³/mol. The number of hydrogen-bond acceptors (Lipinski definition) is 3. The van der Waals surface area contributed by atoms with Crippen molar-refractivity contribution in [1.29, 1.82) is 0 Å². The first-order chi connectivity index (χ1) is 10.3. The molecule has 1 saturated heterocycles. The third-order valence-electron chi connectivity index (χ3n) is 3.51. The highest BCUT2D eigenvalue weighted by atomic mass is 16.2. The van der Waals surface area contributed by atoms with Crippen LogP contribution in [0.15, 0.2) is 24.3 Å². The fourth-order valence-electron chi connectivity index (χ4n) is 2.17. The van der Waals surface area contributed by atoms with Crippen molar-refractivity contribution in [3.8, 4) is 0 Å². The highest BCUT2D eigenvalue weighted by Crippen LogP contribution is 2.22. The summed E-state index contributed by atoms with van der Waals surface area (Å²) in [5.74, 6) is -0.701. The number of urea groups is 1. The average Bonchev–Trinajstić information content (AvgIpc) is 2.74. The summed E-state index contributed by atoms with van der Waals surface area (Å²) in [5.41, 5.74) is 4.83. The fourth-order valence-corrected chi connectivity index (χ4v) is 2.17. The van der Waals surface area contributed by atoms with E-state index in [2.05, 4.69) is 43.6 Å². The second-order valence-corrected chi connectivity index (χ2v) is 6.42. The van der Waals surface area contributed by atoms with Crippen molar-refractivity contribution < 1.29 is 14.4 Å². The van der Waals surface area contributed by atoms with Crippen LogP contribution >= 0.6 is 0 Å². The molecule has 0 saturated carbocycles. The molecule has 4 amide bonds. The highest BCUT2D eigenvalue weighted by Gasteiger charge is 2.27. The van der Waals surface area contributed by atoms with Gasteiger partial charge >= 0.3 is 6.03 Å². The van der Waals surface area contributed by atoms with E-state index < -0.39 is 11.9 Å². The van der Waals surface area contributed by atoms with Crippen LogP contribution in [0.25, 0.3) is 0 Å². The SMILES string of the molecule is CC(C)(C)c1ccc(CCC(=O)NN2CC(=O)NC2=O)cc1. The van der Waals surface area contributed by atoms with Gasteiger partial charge in [-0.25, -0.2) is 9.80 Å². The minimum absolute atomic E-state index is 0.103. The molecule has 6 heteroatoms. The molecule has 1 aromatic rings. The van der Waals surface area contributed by atoms with Gasteiger partial charge in [0.25, 0.3) is 0 Å². The first-order valence-corrected chi connectivity index (χ1v) is 7.26. The van der Waals surface area contributed by atoms with Gasteiger partial charge in [0.05, 0.1) is 0 Å². The summed E-state index contributed by atoms with van der Waals surface area (Å²) >= 11 is 0. The molecule has 0 spiro atoms. The molecule has 0 aromatic heterocycles. The van der Waals surface area contributed by atoms with E-state index >= 15 is 0 Å². The van der Waals surface area contributed by atoms with E-state index in [1.165, 1.54) is 5.56 Å². The monoisotopic (exact) mass is 303 g/mol. The molecule has 22 heavy (non-hydrogen) atoms. The van der Waals surface area contributed by atoms with Crippen molar-refractivity contribution in [2.45, 2.75) is 39.0 Å². The molecule has 0 radical (unpaired) electrons. The number of amides is 4. The molecule has 2 rings (SSSR count). The number of imide groups is 1. The zero-order valence-corrected chi connectivity index (χ0v) is 13.1. The molecule has 0 aliphatic carbocycles. The summed E-state index contributed by atoms with van der Waals surface area (Å²) < 4.78 is 0. The second kappa shape index (κ2) is 6.17. The summed E-state index contributed by atoms with van der Waals surface area (Å²) in [6.45, 7) is 6.32. The van der Waals surface area contributed by atoms with Crippen LogP contribution in [0.4, 0.5) is 4.79 Å². The summed E-state index contributed by atoms with van der Waals surface area (Å²) in [6, 6.07) is 7.58. The first kappa shape index (κ1) is 16.0. The standard InChI is InChI=1S/C16H21N3O3/c1-16(2,3)12-7-4-11(5-8-12)6-9-13(20)18-19-10-14(21)17-15(19)22/h4-5,7-8H,6,9-10H2,1-3H3,(H,18,20)(H,17,21,22). The molecular weight excluding hydrogens is 282 g/mol. The van der Waals surface area contributed by atoms with Crippen molar-refractivity contribution in [2.75, 3.05) is 6.54 Å². The van der Waals surface area contributed by atoms with Gasteiger partial charge in [0, 0.05) is 6.42 Å². The van der Waals surface area contributed by atoms with E-state index in [0.717, 1.165) is 10.6 Å². The lowest BCUT2D eigenvalue weighted by Gasteiger charge is -2.19. The smallest absolute Gasteiger partial charge is 0.275 e. The van der Waals surface area contributed by atoms with E-state index in [1.807, 2.05) is 12.1 Å². The van der Waals surface area contributed by atoms with Crippen molar-refractivity contribution >= 4 is 17.8 Å². The Morgan fingerprint density at radius 1 is 1.23 bits per heavy atom. The van der Waals surface area contributed by atoms with E-state index in [1.54, 1.807) is 0 Å². The van der Waals surface area contributed by atoms with Gasteiger partial charge in [-0.1, -0.05) is 45.0 Å². The van der Waals surface area contributed by atoms with Gasteiger partial charge in [0.2, 0.25) is 11.8 Å². The number of hydrogen-bond donors (Lipinski definition) is 2. The number of benzene rings is 1. The van der Waals surface area contributed by atoms with E-state index in [-0.39, 0.29) is 24.3 Å². The third-order valence-corrected chi connectivity index (χ3v) is 3.51. The lowest BCUT2D eigenvalue weighted by Crippen LogP contribution is -2.44. The van der Waals surface area contributed by atoms with Crippen LogP contribution in [0.5, 0.6) is 0 Å².